The zero-order valence-corrected chi connectivity index (χ0v) is 13.1. The number of fused-ring (bicyclic) bond motifs is 1. The van der Waals surface area contributed by atoms with Crippen LogP contribution >= 0.6 is 15.9 Å². The second-order valence-corrected chi connectivity index (χ2v) is 5.50. The van der Waals surface area contributed by atoms with Gasteiger partial charge in [-0.25, -0.2) is 0 Å². The number of hydrogen-bond acceptors (Lipinski definition) is 5. The minimum atomic E-state index is 0.543. The maximum absolute atomic E-state index is 6.06. The number of nitrogen functional groups attached to an aromatic ring is 1. The fourth-order valence-electron chi connectivity index (χ4n) is 2.12. The minimum Gasteiger partial charge on any atom is -0.497 e. The van der Waals surface area contributed by atoms with Crippen LogP contribution in [0.3, 0.4) is 0 Å². The Bertz CT molecular complexity index is 676. The molecule has 0 saturated carbocycles. The standard InChI is InChI=1S/C15H15BrN2O3/c1-19-11-5-9(16)4-10(6-11)18-13-8-15-14(7-12(13)17)20-2-3-21-15/h4-8,18H,2-3,17H2,1H3. The van der Waals surface area contributed by atoms with Gasteiger partial charge >= 0.3 is 0 Å². The monoisotopic (exact) mass is 350 g/mol. The predicted octanol–water partition coefficient (Wildman–Crippen LogP) is 3.55. The number of anilines is 3. The van der Waals surface area contributed by atoms with Gasteiger partial charge in [0, 0.05) is 28.4 Å². The lowest BCUT2D eigenvalue weighted by atomic mass is 10.2. The lowest BCUT2D eigenvalue weighted by molar-refractivity contribution is 0.172. The number of rotatable bonds is 3. The van der Waals surface area contributed by atoms with E-state index in [1.165, 1.54) is 0 Å². The van der Waals surface area contributed by atoms with Crippen LogP contribution in [-0.4, -0.2) is 20.3 Å². The fraction of sp³-hybridized carbons (Fsp3) is 0.200. The first-order valence-electron chi connectivity index (χ1n) is 6.46. The first kappa shape index (κ1) is 13.9. The number of methoxy groups -OCH3 is 1. The molecule has 0 unspecified atom stereocenters. The summed E-state index contributed by atoms with van der Waals surface area (Å²) in [4.78, 5) is 0. The van der Waals surface area contributed by atoms with Crippen LogP contribution in [0.4, 0.5) is 17.1 Å². The van der Waals surface area contributed by atoms with Gasteiger partial charge in [0.05, 0.1) is 18.5 Å². The van der Waals surface area contributed by atoms with Crippen molar-refractivity contribution in [1.29, 1.82) is 0 Å². The average molecular weight is 351 g/mol. The SMILES string of the molecule is COc1cc(Br)cc(Nc2cc3c(cc2N)OCCO3)c1. The van der Waals surface area contributed by atoms with Gasteiger partial charge in [0.2, 0.25) is 0 Å². The zero-order valence-electron chi connectivity index (χ0n) is 11.5. The van der Waals surface area contributed by atoms with Gasteiger partial charge in [0.25, 0.3) is 0 Å². The van der Waals surface area contributed by atoms with Gasteiger partial charge in [-0.1, -0.05) is 15.9 Å². The van der Waals surface area contributed by atoms with E-state index in [9.17, 15) is 0 Å². The van der Waals surface area contributed by atoms with Gasteiger partial charge in [0.1, 0.15) is 19.0 Å². The fourth-order valence-corrected chi connectivity index (χ4v) is 2.59. The third-order valence-electron chi connectivity index (χ3n) is 3.10. The largest absolute Gasteiger partial charge is 0.497 e. The Labute approximate surface area is 131 Å². The Morgan fingerprint density at radius 3 is 2.52 bits per heavy atom. The number of nitrogens with one attached hydrogen (secondary N) is 1. The summed E-state index contributed by atoms with van der Waals surface area (Å²) in [5.74, 6) is 2.12. The first-order chi connectivity index (χ1) is 10.2. The van der Waals surface area contributed by atoms with E-state index in [4.69, 9.17) is 19.9 Å². The summed E-state index contributed by atoms with van der Waals surface area (Å²) in [5, 5.41) is 3.27. The van der Waals surface area contributed by atoms with Gasteiger partial charge in [-0.2, -0.15) is 0 Å². The number of benzene rings is 2. The van der Waals surface area contributed by atoms with Crippen molar-refractivity contribution >= 4 is 33.0 Å². The summed E-state index contributed by atoms with van der Waals surface area (Å²) in [5.41, 5.74) is 8.28. The molecular weight excluding hydrogens is 336 g/mol. The number of hydrogen-bond donors (Lipinski definition) is 2. The molecule has 2 aromatic carbocycles. The molecule has 1 aliphatic rings. The topological polar surface area (TPSA) is 65.7 Å². The number of nitrogens with two attached hydrogens (primary N) is 1. The Morgan fingerprint density at radius 1 is 1.10 bits per heavy atom. The van der Waals surface area contributed by atoms with Crippen LogP contribution in [-0.2, 0) is 0 Å². The third kappa shape index (κ3) is 3.00. The lowest BCUT2D eigenvalue weighted by Crippen LogP contribution is -2.15. The van der Waals surface area contributed by atoms with E-state index < -0.39 is 0 Å². The van der Waals surface area contributed by atoms with E-state index in [0.29, 0.717) is 30.4 Å². The van der Waals surface area contributed by atoms with E-state index in [1.54, 1.807) is 13.2 Å². The molecule has 1 heterocycles. The maximum Gasteiger partial charge on any atom is 0.163 e. The van der Waals surface area contributed by atoms with Crippen molar-refractivity contribution in [3.05, 3.63) is 34.8 Å². The molecule has 0 radical (unpaired) electrons. The number of ether oxygens (including phenoxy) is 3. The predicted molar refractivity (Wildman–Crippen MR) is 85.8 cm³/mol. The highest BCUT2D eigenvalue weighted by Crippen LogP contribution is 2.38. The van der Waals surface area contributed by atoms with Crippen LogP contribution < -0.4 is 25.3 Å². The highest BCUT2D eigenvalue weighted by atomic mass is 79.9. The molecule has 5 nitrogen and oxygen atoms in total. The Kier molecular flexibility index (Phi) is 3.79. The van der Waals surface area contributed by atoms with Crippen LogP contribution in [0, 0.1) is 0 Å². The maximum atomic E-state index is 6.06. The molecule has 3 rings (SSSR count). The van der Waals surface area contributed by atoms with Crippen LogP contribution in [0.15, 0.2) is 34.8 Å². The van der Waals surface area contributed by atoms with Crippen LogP contribution in [0.2, 0.25) is 0 Å². The summed E-state index contributed by atoms with van der Waals surface area (Å²) < 4.78 is 17.2. The minimum absolute atomic E-state index is 0.543. The van der Waals surface area contributed by atoms with Crippen molar-refractivity contribution in [2.24, 2.45) is 0 Å². The molecule has 0 aromatic heterocycles. The van der Waals surface area contributed by atoms with Gasteiger partial charge in [0.15, 0.2) is 11.5 Å². The molecule has 0 fully saturated rings. The lowest BCUT2D eigenvalue weighted by Gasteiger charge is -2.20. The van der Waals surface area contributed by atoms with Crippen molar-refractivity contribution in [3.63, 3.8) is 0 Å². The first-order valence-corrected chi connectivity index (χ1v) is 7.26. The highest BCUT2D eigenvalue weighted by molar-refractivity contribution is 9.10. The molecule has 0 bridgehead atoms. The highest BCUT2D eigenvalue weighted by Gasteiger charge is 2.15. The quantitative estimate of drug-likeness (QED) is 0.828. The number of halogens is 1. The van der Waals surface area contributed by atoms with Crippen molar-refractivity contribution in [2.45, 2.75) is 0 Å². The van der Waals surface area contributed by atoms with Gasteiger partial charge in [-0.15, -0.1) is 0 Å². The third-order valence-corrected chi connectivity index (χ3v) is 3.56. The molecular formula is C15H15BrN2O3. The molecule has 3 N–H and O–H groups in total. The Morgan fingerprint density at radius 2 is 1.81 bits per heavy atom. The van der Waals surface area contributed by atoms with Crippen LogP contribution in [0.1, 0.15) is 0 Å². The molecule has 1 aliphatic heterocycles. The smallest absolute Gasteiger partial charge is 0.163 e. The second-order valence-electron chi connectivity index (χ2n) is 4.59. The van der Waals surface area contributed by atoms with E-state index in [-0.39, 0.29) is 0 Å². The summed E-state index contributed by atoms with van der Waals surface area (Å²) in [6, 6.07) is 9.33. The van der Waals surface area contributed by atoms with E-state index >= 15 is 0 Å². The van der Waals surface area contributed by atoms with Gasteiger partial charge in [-0.3, -0.25) is 0 Å². The molecule has 0 atom stereocenters. The van der Waals surface area contributed by atoms with Crippen LogP contribution in [0.5, 0.6) is 17.2 Å². The molecule has 21 heavy (non-hydrogen) atoms. The van der Waals surface area contributed by atoms with E-state index in [1.807, 2.05) is 24.3 Å². The van der Waals surface area contributed by atoms with Crippen molar-refractivity contribution in [1.82, 2.24) is 0 Å². The summed E-state index contributed by atoms with van der Waals surface area (Å²) >= 11 is 3.45. The van der Waals surface area contributed by atoms with E-state index in [0.717, 1.165) is 21.6 Å². The van der Waals surface area contributed by atoms with Crippen molar-refractivity contribution in [3.8, 4) is 17.2 Å². The summed E-state index contributed by atoms with van der Waals surface area (Å²) in [7, 11) is 1.63. The molecule has 6 heteroatoms. The molecule has 0 aliphatic carbocycles. The second kappa shape index (κ2) is 5.73. The molecule has 0 amide bonds. The normalized spacial score (nSPS) is 12.9. The average Bonchev–Trinajstić information content (AvgIpc) is 2.47. The molecule has 0 saturated heterocycles. The zero-order chi connectivity index (χ0) is 14.8. The summed E-state index contributed by atoms with van der Waals surface area (Å²) in [6.45, 7) is 1.09. The van der Waals surface area contributed by atoms with Gasteiger partial charge < -0.3 is 25.3 Å². The molecule has 110 valence electrons. The van der Waals surface area contributed by atoms with E-state index in [2.05, 4.69) is 21.2 Å². The molecule has 0 spiro atoms. The van der Waals surface area contributed by atoms with Crippen molar-refractivity contribution in [2.75, 3.05) is 31.4 Å². The molecule has 2 aromatic rings. The Balaban J connectivity index is 1.92. The Hall–Kier alpha value is -2.08. The van der Waals surface area contributed by atoms with Crippen LogP contribution in [0.25, 0.3) is 0 Å². The van der Waals surface area contributed by atoms with Gasteiger partial charge in [-0.05, 0) is 12.1 Å². The summed E-state index contributed by atoms with van der Waals surface area (Å²) in [6.07, 6.45) is 0. The van der Waals surface area contributed by atoms with Crippen molar-refractivity contribution < 1.29 is 14.2 Å².